The predicted molar refractivity (Wildman–Crippen MR) is 205 cm³/mol. The van der Waals surface area contributed by atoms with E-state index in [0.717, 1.165) is 29.7 Å². The number of thioether (sulfide) groups is 2. The zero-order chi connectivity index (χ0) is 34.2. The topological polar surface area (TPSA) is 74.2 Å². The maximum absolute atomic E-state index is 12.7. The molecule has 7 nitrogen and oxygen atoms in total. The Hall–Kier alpha value is -2.86. The van der Waals surface area contributed by atoms with E-state index in [2.05, 4.69) is 53.3 Å². The highest BCUT2D eigenvalue weighted by atomic mass is 35.5. The number of piperidine rings is 1. The van der Waals surface area contributed by atoms with E-state index in [4.69, 9.17) is 40.2 Å². The highest BCUT2D eigenvalue weighted by molar-refractivity contribution is 8.24. The van der Waals surface area contributed by atoms with E-state index in [0.29, 0.717) is 50.4 Å². The summed E-state index contributed by atoms with van der Waals surface area (Å²) in [4.78, 5) is 34.0. The van der Waals surface area contributed by atoms with Gasteiger partial charge in [0.05, 0.1) is 39.2 Å². The van der Waals surface area contributed by atoms with Gasteiger partial charge in [0.15, 0.2) is 5.17 Å². The van der Waals surface area contributed by atoms with Crippen molar-refractivity contribution in [1.82, 2.24) is 15.1 Å². The minimum absolute atomic E-state index is 0.0612. The molecule has 3 aromatic carbocycles. The number of aryl methyl sites for hydroxylation is 1. The Bertz CT molecular complexity index is 1710. The fourth-order valence-corrected chi connectivity index (χ4v) is 8.03. The molecule has 3 aliphatic rings. The van der Waals surface area contributed by atoms with Crippen LogP contribution in [0.1, 0.15) is 43.4 Å². The molecule has 6 rings (SSSR count). The highest BCUT2D eigenvalue weighted by Crippen LogP contribution is 2.35. The van der Waals surface area contributed by atoms with Gasteiger partial charge in [-0.05, 0) is 86.2 Å². The smallest absolute Gasteiger partial charge is 0.264 e. The molecule has 0 radical (unpaired) electrons. The second-order valence-electron chi connectivity index (χ2n) is 11.8. The molecule has 3 aromatic rings. The van der Waals surface area contributed by atoms with E-state index in [1.165, 1.54) is 35.7 Å². The molecule has 1 atom stereocenters. The summed E-state index contributed by atoms with van der Waals surface area (Å²) in [6.07, 6.45) is 4.92. The van der Waals surface area contributed by atoms with E-state index < -0.39 is 0 Å². The summed E-state index contributed by atoms with van der Waals surface area (Å²) in [7, 11) is 0. The van der Waals surface area contributed by atoms with Crippen LogP contribution in [0.3, 0.4) is 0 Å². The van der Waals surface area contributed by atoms with Crippen molar-refractivity contribution in [3.63, 3.8) is 0 Å². The van der Waals surface area contributed by atoms with Crippen molar-refractivity contribution >= 4 is 92.0 Å². The molecule has 0 bridgehead atoms. The molecule has 0 aliphatic carbocycles. The number of hydrogen-bond acceptors (Lipinski definition) is 8. The van der Waals surface area contributed by atoms with Crippen LogP contribution in [-0.4, -0.2) is 62.7 Å². The number of halogens is 2. The first-order valence-corrected chi connectivity index (χ1v) is 18.7. The van der Waals surface area contributed by atoms with Crippen molar-refractivity contribution in [2.45, 2.75) is 45.3 Å². The lowest BCUT2D eigenvalue weighted by atomic mass is 10.00. The summed E-state index contributed by atoms with van der Waals surface area (Å²) < 4.78 is 6.22. The number of aliphatic imine (C=N–C) groups is 1. The normalized spacial score (nSPS) is 20.3. The van der Waals surface area contributed by atoms with Crippen molar-refractivity contribution in [3.8, 4) is 5.75 Å². The monoisotopic (exact) mass is 740 g/mol. The summed E-state index contributed by atoms with van der Waals surface area (Å²) in [6.45, 7) is 9.60. The van der Waals surface area contributed by atoms with Crippen LogP contribution in [0.2, 0.25) is 10.0 Å². The number of amides is 2. The second kappa shape index (κ2) is 17.2. The summed E-state index contributed by atoms with van der Waals surface area (Å²) in [5.41, 5.74) is 3.77. The number of benzene rings is 3. The van der Waals surface area contributed by atoms with Crippen LogP contribution in [0.5, 0.6) is 5.75 Å². The van der Waals surface area contributed by atoms with Crippen LogP contribution in [0.4, 0.5) is 5.69 Å². The van der Waals surface area contributed by atoms with Crippen LogP contribution in [-0.2, 0) is 16.0 Å². The Morgan fingerprint density at radius 2 is 1.77 bits per heavy atom. The van der Waals surface area contributed by atoms with Crippen molar-refractivity contribution in [1.29, 1.82) is 0 Å². The first-order valence-electron chi connectivity index (χ1n) is 15.9. The zero-order valence-corrected chi connectivity index (χ0v) is 31.0. The van der Waals surface area contributed by atoms with Crippen molar-refractivity contribution in [2.24, 2.45) is 10.9 Å². The Kier molecular flexibility index (Phi) is 13.0. The van der Waals surface area contributed by atoms with Crippen molar-refractivity contribution < 1.29 is 14.3 Å². The Labute approximate surface area is 306 Å². The first kappa shape index (κ1) is 36.4. The number of nitrogens with zero attached hydrogens (tertiary/aromatic N) is 3. The lowest BCUT2D eigenvalue weighted by Crippen LogP contribution is -2.44. The van der Waals surface area contributed by atoms with Gasteiger partial charge in [0.1, 0.15) is 10.1 Å². The van der Waals surface area contributed by atoms with Crippen molar-refractivity contribution in [2.75, 3.05) is 26.4 Å². The van der Waals surface area contributed by atoms with Crippen LogP contribution in [0, 0.1) is 12.8 Å². The third kappa shape index (κ3) is 9.64. The number of likely N-dealkylation sites (tertiary alicyclic amines) is 1. The number of ether oxygens (including phenoxy) is 1. The number of hydrogen-bond donors (Lipinski definition) is 1. The lowest BCUT2D eigenvalue weighted by molar-refractivity contribution is -0.127. The van der Waals surface area contributed by atoms with E-state index in [1.807, 2.05) is 36.1 Å². The lowest BCUT2D eigenvalue weighted by Gasteiger charge is -2.32. The quantitative estimate of drug-likeness (QED) is 0.183. The zero-order valence-electron chi connectivity index (χ0n) is 27.1. The fraction of sp³-hybridized carbons (Fsp3) is 0.333. The van der Waals surface area contributed by atoms with Crippen LogP contribution >= 0.6 is 58.9 Å². The molecular formula is C36H38Cl2N4O3S3. The maximum Gasteiger partial charge on any atom is 0.264 e. The maximum atomic E-state index is 12.7. The Morgan fingerprint density at radius 1 is 1.04 bits per heavy atom. The molecule has 3 saturated heterocycles. The largest absolute Gasteiger partial charge is 0.492 e. The number of para-hydroxylation sites is 1. The van der Waals surface area contributed by atoms with E-state index >= 15 is 0 Å². The highest BCUT2D eigenvalue weighted by Gasteiger charge is 2.38. The van der Waals surface area contributed by atoms with Crippen molar-refractivity contribution in [3.05, 3.63) is 98.4 Å². The summed E-state index contributed by atoms with van der Waals surface area (Å²) in [5, 5.41) is 4.14. The van der Waals surface area contributed by atoms with Gasteiger partial charge in [0, 0.05) is 13.1 Å². The van der Waals surface area contributed by atoms with Gasteiger partial charge in [-0.25, -0.2) is 4.99 Å². The molecule has 3 fully saturated rings. The van der Waals surface area contributed by atoms with E-state index in [-0.39, 0.29) is 17.1 Å². The SMILES string of the molecule is CCOc1cccc(/C=C2\SC(=Nc3ccccc3Cl)NC2=O)c1Cl.Cc1ccc(CC2SC(=S)N(CN3CCC(C)CC3)C2=O)cc1. The number of carbonyl (C=O) groups excluding carboxylic acids is 2. The Morgan fingerprint density at radius 3 is 2.48 bits per heavy atom. The molecular weight excluding hydrogens is 704 g/mol. The van der Waals surface area contributed by atoms with Gasteiger partial charge in [0.2, 0.25) is 5.91 Å². The standard InChI is InChI=1S/C18H14Cl2N2O2S.C18H24N2OS2/c1-2-24-14-9-5-6-11(16(14)20)10-15-17(23)22-18(25-15)21-13-8-4-3-7-12(13)19;1-13-3-5-15(6-4-13)11-16-17(21)20(18(22)23-16)12-19-9-7-14(2)8-10-19/h3-10H,2H2,1H3,(H,21,22,23);3-6,14,16H,7-12H2,1-2H3/b15-10-;. The van der Waals surface area contributed by atoms with Gasteiger partial charge in [-0.3, -0.25) is 19.4 Å². The first-order chi connectivity index (χ1) is 23.1. The van der Waals surface area contributed by atoms with E-state index in [9.17, 15) is 9.59 Å². The minimum atomic E-state index is -0.228. The van der Waals surface area contributed by atoms with Gasteiger partial charge in [-0.15, -0.1) is 0 Å². The van der Waals surface area contributed by atoms with Gasteiger partial charge in [-0.1, -0.05) is 108 Å². The van der Waals surface area contributed by atoms with E-state index in [1.54, 1.807) is 36.0 Å². The fourth-order valence-electron chi connectivity index (χ4n) is 5.28. The molecule has 1 N–H and O–H groups in total. The Balaban J connectivity index is 0.000000188. The summed E-state index contributed by atoms with van der Waals surface area (Å²) in [6, 6.07) is 21.1. The molecule has 3 heterocycles. The summed E-state index contributed by atoms with van der Waals surface area (Å²) >= 11 is 20.7. The van der Waals surface area contributed by atoms with Crippen LogP contribution in [0.25, 0.3) is 6.08 Å². The molecule has 48 heavy (non-hydrogen) atoms. The number of rotatable bonds is 8. The molecule has 0 spiro atoms. The number of thiocarbonyl (C=S) groups is 1. The predicted octanol–water partition coefficient (Wildman–Crippen LogP) is 8.74. The van der Waals surface area contributed by atoms with Crippen LogP contribution < -0.4 is 10.1 Å². The third-order valence-corrected chi connectivity index (χ3v) is 11.3. The van der Waals surface area contributed by atoms with Crippen LogP contribution in [0.15, 0.2) is 76.6 Å². The average molecular weight is 742 g/mol. The molecule has 0 saturated carbocycles. The van der Waals surface area contributed by atoms with Gasteiger partial charge in [-0.2, -0.15) is 0 Å². The number of carbonyl (C=O) groups is 2. The number of nitrogens with one attached hydrogen (secondary N) is 1. The second-order valence-corrected chi connectivity index (χ2v) is 15.4. The molecule has 12 heteroatoms. The molecule has 0 aromatic heterocycles. The van der Waals surface area contributed by atoms with Gasteiger partial charge < -0.3 is 10.1 Å². The summed E-state index contributed by atoms with van der Waals surface area (Å²) in [5.74, 6) is 1.34. The van der Waals surface area contributed by atoms with Gasteiger partial charge in [0.25, 0.3) is 5.91 Å². The van der Waals surface area contributed by atoms with Gasteiger partial charge >= 0.3 is 0 Å². The molecule has 2 amide bonds. The molecule has 252 valence electrons. The molecule has 3 aliphatic heterocycles. The number of amidine groups is 1. The third-order valence-electron chi connectivity index (χ3n) is 8.07. The minimum Gasteiger partial charge on any atom is -0.492 e. The molecule has 1 unspecified atom stereocenters. The average Bonchev–Trinajstić information content (AvgIpc) is 3.54.